The zero-order valence-corrected chi connectivity index (χ0v) is 21.6. The SMILES string of the molecule is COC(=O)CCSc1cnc(N2CCC3(CCC[C@H]3N[S+]([O-])C(C)(C)C)CC2)n2ccnc12. The second kappa shape index (κ2) is 10.0. The molecule has 0 radical (unpaired) electrons. The third-order valence-corrected chi connectivity index (χ3v) is 9.54. The maximum atomic E-state index is 12.8. The number of hydrogen-bond acceptors (Lipinski definition) is 8. The van der Waals surface area contributed by atoms with E-state index in [4.69, 9.17) is 9.72 Å². The van der Waals surface area contributed by atoms with Crippen LogP contribution >= 0.6 is 11.8 Å². The third kappa shape index (κ3) is 5.28. The Morgan fingerprint density at radius 2 is 2.09 bits per heavy atom. The summed E-state index contributed by atoms with van der Waals surface area (Å²) >= 11 is 0.533. The summed E-state index contributed by atoms with van der Waals surface area (Å²) in [6.07, 6.45) is 11.6. The van der Waals surface area contributed by atoms with Crippen molar-refractivity contribution < 1.29 is 14.1 Å². The summed E-state index contributed by atoms with van der Waals surface area (Å²) in [7, 11) is 1.41. The Morgan fingerprint density at radius 1 is 1.33 bits per heavy atom. The highest BCUT2D eigenvalue weighted by Gasteiger charge is 2.48. The molecule has 2 aromatic heterocycles. The van der Waals surface area contributed by atoms with Crippen LogP contribution in [0.2, 0.25) is 0 Å². The molecule has 2 atom stereocenters. The van der Waals surface area contributed by atoms with Crippen LogP contribution in [-0.2, 0) is 20.9 Å². The highest BCUT2D eigenvalue weighted by Crippen LogP contribution is 2.47. The predicted molar refractivity (Wildman–Crippen MR) is 133 cm³/mol. The number of thioether (sulfide) groups is 1. The first-order valence-corrected chi connectivity index (χ1v) is 13.8. The molecular formula is C23H35N5O3S2. The highest BCUT2D eigenvalue weighted by atomic mass is 32.2. The molecule has 1 aliphatic heterocycles. The number of nitrogens with zero attached hydrogens (tertiary/aromatic N) is 4. The van der Waals surface area contributed by atoms with E-state index in [0.717, 1.165) is 48.8 Å². The summed E-state index contributed by atoms with van der Waals surface area (Å²) in [6.45, 7) is 7.93. The van der Waals surface area contributed by atoms with Gasteiger partial charge in [0.15, 0.2) is 5.65 Å². The van der Waals surface area contributed by atoms with Crippen molar-refractivity contribution in [3.05, 3.63) is 18.6 Å². The lowest BCUT2D eigenvalue weighted by Crippen LogP contribution is -2.53. The van der Waals surface area contributed by atoms with E-state index in [9.17, 15) is 9.35 Å². The van der Waals surface area contributed by atoms with Gasteiger partial charge in [-0.25, -0.2) is 9.97 Å². The van der Waals surface area contributed by atoms with E-state index in [0.29, 0.717) is 18.2 Å². The number of nitrogens with one attached hydrogen (secondary N) is 1. The predicted octanol–water partition coefficient (Wildman–Crippen LogP) is 3.58. The minimum absolute atomic E-state index is 0.209. The molecule has 1 saturated carbocycles. The van der Waals surface area contributed by atoms with E-state index in [1.54, 1.807) is 18.0 Å². The fraction of sp³-hybridized carbons (Fsp3) is 0.696. The van der Waals surface area contributed by atoms with Crippen LogP contribution in [0.3, 0.4) is 0 Å². The van der Waals surface area contributed by atoms with Gasteiger partial charge in [0.2, 0.25) is 5.95 Å². The van der Waals surface area contributed by atoms with Gasteiger partial charge in [0.25, 0.3) is 0 Å². The first-order chi connectivity index (χ1) is 15.7. The summed E-state index contributed by atoms with van der Waals surface area (Å²) in [5.74, 6) is 1.34. The molecule has 182 valence electrons. The maximum Gasteiger partial charge on any atom is 0.306 e. The van der Waals surface area contributed by atoms with Gasteiger partial charge in [-0.05, 0) is 51.9 Å². The molecular weight excluding hydrogens is 458 g/mol. The number of imidazole rings is 1. The van der Waals surface area contributed by atoms with Crippen LogP contribution in [-0.4, -0.2) is 61.6 Å². The van der Waals surface area contributed by atoms with Gasteiger partial charge in [-0.3, -0.25) is 9.20 Å². The smallest absolute Gasteiger partial charge is 0.306 e. The number of aromatic nitrogens is 3. The monoisotopic (exact) mass is 493 g/mol. The molecule has 0 bridgehead atoms. The van der Waals surface area contributed by atoms with E-state index < -0.39 is 11.4 Å². The number of anilines is 1. The van der Waals surface area contributed by atoms with E-state index in [1.807, 2.05) is 33.2 Å². The summed E-state index contributed by atoms with van der Waals surface area (Å²) in [4.78, 5) is 24.1. The fourth-order valence-corrected chi connectivity index (χ4v) is 6.82. The number of esters is 1. The number of ether oxygens (including phenoxy) is 1. The summed E-state index contributed by atoms with van der Waals surface area (Å²) < 4.78 is 22.8. The number of piperidine rings is 1. The van der Waals surface area contributed by atoms with Gasteiger partial charge >= 0.3 is 5.97 Å². The first kappa shape index (κ1) is 24.6. The van der Waals surface area contributed by atoms with Crippen LogP contribution in [0.15, 0.2) is 23.5 Å². The van der Waals surface area contributed by atoms with E-state index in [2.05, 4.69) is 19.0 Å². The second-order valence-corrected chi connectivity index (χ2v) is 13.1. The largest absolute Gasteiger partial charge is 0.598 e. The van der Waals surface area contributed by atoms with Crippen LogP contribution in [0, 0.1) is 5.41 Å². The number of rotatable bonds is 7. The number of hydrogen-bond donors (Lipinski definition) is 1. The number of carbonyl (C=O) groups excluding carboxylic acids is 1. The number of methoxy groups -OCH3 is 1. The molecule has 1 N–H and O–H groups in total. The molecule has 1 saturated heterocycles. The lowest BCUT2D eigenvalue weighted by atomic mass is 9.74. The lowest BCUT2D eigenvalue weighted by Gasteiger charge is -2.44. The molecule has 1 aliphatic carbocycles. The van der Waals surface area contributed by atoms with Gasteiger partial charge in [0.1, 0.15) is 4.75 Å². The van der Waals surface area contributed by atoms with Gasteiger partial charge < -0.3 is 14.2 Å². The fourth-order valence-electron chi connectivity index (χ4n) is 4.94. The number of carbonyl (C=O) groups is 1. The van der Waals surface area contributed by atoms with Crippen molar-refractivity contribution in [2.24, 2.45) is 5.41 Å². The van der Waals surface area contributed by atoms with Crippen molar-refractivity contribution in [2.75, 3.05) is 30.9 Å². The Bertz CT molecular complexity index is 969. The number of fused-ring (bicyclic) bond motifs is 1. The quantitative estimate of drug-likeness (QED) is 0.355. The molecule has 3 heterocycles. The molecule has 0 aromatic carbocycles. The Hall–Kier alpha value is -1.49. The molecule has 2 fully saturated rings. The molecule has 10 heteroatoms. The minimum Gasteiger partial charge on any atom is -0.598 e. The standard InChI is InChI=1S/C23H35N5O3S2/c1-22(2,3)33(30)26-18-6-5-8-23(18)9-12-27(13-10-23)21-25-16-17(20-24-11-14-28(20)21)32-15-7-19(29)31-4/h11,14,16,18,26H,5-10,12-13,15H2,1-4H3/t18-,33?/m1/s1. The molecule has 0 amide bonds. The normalized spacial score (nSPS) is 21.6. The molecule has 33 heavy (non-hydrogen) atoms. The van der Waals surface area contributed by atoms with Crippen LogP contribution in [0.25, 0.3) is 5.65 Å². The molecule has 1 unspecified atom stereocenters. The van der Waals surface area contributed by atoms with Crippen LogP contribution < -0.4 is 9.62 Å². The molecule has 8 nitrogen and oxygen atoms in total. The zero-order chi connectivity index (χ0) is 23.6. The topological polar surface area (TPSA) is 94.8 Å². The maximum absolute atomic E-state index is 12.8. The second-order valence-electron chi connectivity index (χ2n) is 10.0. The van der Waals surface area contributed by atoms with Gasteiger partial charge in [-0.2, -0.15) is 0 Å². The van der Waals surface area contributed by atoms with Gasteiger partial charge in [-0.15, -0.1) is 16.5 Å². The first-order valence-electron chi connectivity index (χ1n) is 11.7. The van der Waals surface area contributed by atoms with E-state index in [1.165, 1.54) is 20.0 Å². The van der Waals surface area contributed by atoms with Gasteiger partial charge in [-0.1, -0.05) is 6.42 Å². The van der Waals surface area contributed by atoms with Crippen molar-refractivity contribution in [3.63, 3.8) is 0 Å². The summed E-state index contributed by atoms with van der Waals surface area (Å²) in [5.41, 5.74) is 1.09. The van der Waals surface area contributed by atoms with Crippen LogP contribution in [0.5, 0.6) is 0 Å². The van der Waals surface area contributed by atoms with Crippen molar-refractivity contribution in [3.8, 4) is 0 Å². The molecule has 2 aromatic rings. The van der Waals surface area contributed by atoms with Crippen molar-refractivity contribution in [1.82, 2.24) is 19.1 Å². The minimum atomic E-state index is -1.04. The average molecular weight is 494 g/mol. The lowest BCUT2D eigenvalue weighted by molar-refractivity contribution is -0.140. The van der Waals surface area contributed by atoms with Crippen LogP contribution in [0.1, 0.15) is 59.3 Å². The van der Waals surface area contributed by atoms with E-state index >= 15 is 0 Å². The molecule has 4 rings (SSSR count). The van der Waals surface area contributed by atoms with Crippen LogP contribution in [0.4, 0.5) is 5.95 Å². The average Bonchev–Trinajstić information content (AvgIpc) is 3.42. The molecule has 2 aliphatic rings. The molecule has 1 spiro atoms. The Morgan fingerprint density at radius 3 is 2.79 bits per heavy atom. The van der Waals surface area contributed by atoms with Gasteiger partial charge in [0.05, 0.1) is 24.5 Å². The third-order valence-electron chi connectivity index (χ3n) is 6.92. The van der Waals surface area contributed by atoms with E-state index in [-0.39, 0.29) is 16.1 Å². The zero-order valence-electron chi connectivity index (χ0n) is 20.0. The van der Waals surface area contributed by atoms with Gasteiger partial charge in [0, 0.05) is 48.8 Å². The Labute approximate surface area is 203 Å². The summed E-state index contributed by atoms with van der Waals surface area (Å²) in [6, 6.07) is 0.314. The summed E-state index contributed by atoms with van der Waals surface area (Å²) in [5, 5.41) is 0. The Balaban J connectivity index is 1.43. The van der Waals surface area contributed by atoms with Crippen molar-refractivity contribution in [1.29, 1.82) is 0 Å². The Kier molecular flexibility index (Phi) is 7.47. The van der Waals surface area contributed by atoms with Crippen molar-refractivity contribution in [2.45, 2.75) is 75.0 Å². The highest BCUT2D eigenvalue weighted by molar-refractivity contribution is 7.99. The van der Waals surface area contributed by atoms with Crippen molar-refractivity contribution >= 4 is 40.7 Å².